The molecule has 54 heavy (non-hydrogen) atoms. The Morgan fingerprint density at radius 3 is 2.22 bits per heavy atom. The summed E-state index contributed by atoms with van der Waals surface area (Å²) in [6, 6.07) is 16.6. The molecule has 2 aromatic carbocycles. The number of aryl methyl sites for hydroxylation is 2. The number of H-pyrrole nitrogens is 1. The van der Waals surface area contributed by atoms with E-state index in [4.69, 9.17) is 9.47 Å². The molecule has 1 fully saturated rings. The zero-order valence-electron chi connectivity index (χ0n) is 32.0. The molecule has 0 bridgehead atoms. The van der Waals surface area contributed by atoms with Gasteiger partial charge in [0.25, 0.3) is 11.8 Å². The van der Waals surface area contributed by atoms with Crippen LogP contribution in [-0.4, -0.2) is 75.5 Å². The lowest BCUT2D eigenvalue weighted by Crippen LogP contribution is -3.00. The Labute approximate surface area is 328 Å². The number of nitrogens with one attached hydrogen (secondary N) is 4. The van der Waals surface area contributed by atoms with Crippen LogP contribution in [0, 0.1) is 13.8 Å². The summed E-state index contributed by atoms with van der Waals surface area (Å²) in [5.74, 6) is -1.94. The highest BCUT2D eigenvalue weighted by Crippen LogP contribution is 2.40. The van der Waals surface area contributed by atoms with Crippen molar-refractivity contribution in [3.8, 4) is 5.75 Å². The Kier molecular flexibility index (Phi) is 15.9. The summed E-state index contributed by atoms with van der Waals surface area (Å²) in [4.78, 5) is 72.6. The Morgan fingerprint density at radius 2 is 1.59 bits per heavy atom. The number of esters is 1. The van der Waals surface area contributed by atoms with Crippen LogP contribution in [0.2, 0.25) is 0 Å². The molecule has 3 aromatic rings. The van der Waals surface area contributed by atoms with Gasteiger partial charge in [-0.05, 0) is 77.6 Å². The standard InChI is InChI=1S/C40H51N5O7S.ClH/c1-26-13-11-14-27(2)34(26)51-24-32(47)43-30(21-28-15-9-8-10-16-28)35(52-33(48)19-18-31(46)42-23-29-17-12-20-41-22-29)38(50)45-25-53-40(6,7)36(45)37(49)44-39(3,4)5;/h8-17,20,22,30,35-36H,18-19,21,23-25H2,1-7H3,(H,42,46)(H,43,47)(H,44,49);1H/t30-,35-,36+;/m0./s1. The van der Waals surface area contributed by atoms with Gasteiger partial charge in [-0.25, -0.2) is 4.98 Å². The fourth-order valence-electron chi connectivity index (χ4n) is 6.08. The first-order valence-corrected chi connectivity index (χ1v) is 18.7. The molecule has 0 aliphatic carbocycles. The Hall–Kier alpha value is -4.62. The number of pyridine rings is 1. The number of ether oxygens (including phenoxy) is 2. The molecule has 4 N–H and O–H groups in total. The number of amides is 4. The van der Waals surface area contributed by atoms with Crippen LogP contribution in [0.15, 0.2) is 73.1 Å². The normalized spacial score (nSPS) is 15.9. The number of carbonyl (C=O) groups excluding carboxylic acids is 5. The number of halogens is 1. The van der Waals surface area contributed by atoms with Crippen molar-refractivity contribution < 1.29 is 50.8 Å². The molecule has 0 unspecified atom stereocenters. The molecule has 4 rings (SSSR count). The highest BCUT2D eigenvalue weighted by atomic mass is 35.5. The molecular formula is C40H52ClN5O7S. The molecule has 3 atom stereocenters. The first-order valence-electron chi connectivity index (χ1n) is 17.7. The van der Waals surface area contributed by atoms with E-state index in [0.29, 0.717) is 5.75 Å². The number of hydrogen-bond acceptors (Lipinski definition) is 8. The van der Waals surface area contributed by atoms with E-state index in [1.807, 2.05) is 109 Å². The molecule has 1 aliphatic rings. The minimum Gasteiger partial charge on any atom is -1.00 e. The minimum atomic E-state index is -1.53. The van der Waals surface area contributed by atoms with Crippen LogP contribution in [0.1, 0.15) is 69.7 Å². The van der Waals surface area contributed by atoms with Gasteiger partial charge < -0.3 is 42.7 Å². The summed E-state index contributed by atoms with van der Waals surface area (Å²) >= 11 is 1.43. The molecule has 0 radical (unpaired) electrons. The van der Waals surface area contributed by atoms with Gasteiger partial charge in [-0.3, -0.25) is 24.0 Å². The molecule has 2 heterocycles. The number of benzene rings is 2. The van der Waals surface area contributed by atoms with Gasteiger partial charge >= 0.3 is 5.97 Å². The molecule has 292 valence electrons. The van der Waals surface area contributed by atoms with Gasteiger partial charge in [-0.2, -0.15) is 0 Å². The van der Waals surface area contributed by atoms with Gasteiger partial charge in [0, 0.05) is 34.9 Å². The van der Waals surface area contributed by atoms with Crippen molar-refractivity contribution in [1.29, 1.82) is 0 Å². The smallest absolute Gasteiger partial charge is 0.307 e. The number of rotatable bonds is 15. The summed E-state index contributed by atoms with van der Waals surface area (Å²) in [6.07, 6.45) is 1.61. The van der Waals surface area contributed by atoms with Crippen LogP contribution in [0.25, 0.3) is 0 Å². The van der Waals surface area contributed by atoms with Crippen molar-refractivity contribution in [2.45, 2.75) is 103 Å². The molecule has 0 saturated carbocycles. The number of aromatic nitrogens is 1. The van der Waals surface area contributed by atoms with Crippen LogP contribution in [0.5, 0.6) is 5.75 Å². The van der Waals surface area contributed by atoms with E-state index in [-0.39, 0.29) is 62.5 Å². The van der Waals surface area contributed by atoms with Gasteiger partial charge in [0.2, 0.25) is 17.9 Å². The maximum absolute atomic E-state index is 14.7. The molecule has 4 amide bonds. The molecule has 0 spiro atoms. The van der Waals surface area contributed by atoms with Gasteiger partial charge in [0.1, 0.15) is 11.8 Å². The van der Waals surface area contributed by atoms with Crippen molar-refractivity contribution in [1.82, 2.24) is 20.9 Å². The SMILES string of the molecule is Cc1cccc(C)c1OCC(=O)N[C@@H](Cc1ccccc1)[C@H](OC(=O)CCC(=O)NCc1ccc[nH+]c1)C(=O)N1CSC(C)(C)[C@H]1C(=O)NC(C)(C)C.[Cl-]. The molecule has 1 aliphatic heterocycles. The maximum atomic E-state index is 14.7. The van der Waals surface area contributed by atoms with Gasteiger partial charge in [0.05, 0.1) is 18.3 Å². The lowest BCUT2D eigenvalue weighted by molar-refractivity contribution is -0.378. The van der Waals surface area contributed by atoms with Gasteiger partial charge in [-0.15, -0.1) is 11.8 Å². The summed E-state index contributed by atoms with van der Waals surface area (Å²) in [7, 11) is 0. The summed E-state index contributed by atoms with van der Waals surface area (Å²) < 4.78 is 11.2. The number of nitrogens with zero attached hydrogens (tertiary/aromatic N) is 1. The zero-order valence-corrected chi connectivity index (χ0v) is 33.6. The van der Waals surface area contributed by atoms with Gasteiger partial charge in [-0.1, -0.05) is 48.5 Å². The Balaban J connectivity index is 0.00000784. The number of hydrogen-bond donors (Lipinski definition) is 3. The van der Waals surface area contributed by atoms with Crippen LogP contribution < -0.4 is 38.1 Å². The van der Waals surface area contributed by atoms with Crippen LogP contribution in [0.4, 0.5) is 0 Å². The summed E-state index contributed by atoms with van der Waals surface area (Å²) in [5.41, 5.74) is 2.78. The van der Waals surface area contributed by atoms with E-state index in [1.54, 1.807) is 12.4 Å². The Bertz CT molecular complexity index is 1730. The molecule has 1 saturated heterocycles. The second kappa shape index (κ2) is 19.6. The molecule has 12 nitrogen and oxygen atoms in total. The second-order valence-electron chi connectivity index (χ2n) is 14.8. The monoisotopic (exact) mass is 781 g/mol. The zero-order chi connectivity index (χ0) is 38.8. The van der Waals surface area contributed by atoms with Gasteiger partial charge in [0.15, 0.2) is 19.0 Å². The van der Waals surface area contributed by atoms with Crippen molar-refractivity contribution in [2.75, 3.05) is 12.5 Å². The summed E-state index contributed by atoms with van der Waals surface area (Å²) in [5, 5.41) is 8.68. The quantitative estimate of drug-likeness (QED) is 0.192. The average molecular weight is 782 g/mol. The van der Waals surface area contributed by atoms with Crippen molar-refractivity contribution in [3.63, 3.8) is 0 Å². The Morgan fingerprint density at radius 1 is 0.926 bits per heavy atom. The summed E-state index contributed by atoms with van der Waals surface area (Å²) in [6.45, 7) is 13.0. The predicted octanol–water partition coefficient (Wildman–Crippen LogP) is 0.831. The molecule has 14 heteroatoms. The van der Waals surface area contributed by atoms with Crippen molar-refractivity contribution >= 4 is 41.4 Å². The number of aromatic amines is 1. The fourth-order valence-corrected chi connectivity index (χ4v) is 7.22. The third-order valence-electron chi connectivity index (χ3n) is 8.66. The topological polar surface area (TPSA) is 157 Å². The van der Waals surface area contributed by atoms with Crippen LogP contribution in [0.3, 0.4) is 0 Å². The number of thioether (sulfide) groups is 1. The van der Waals surface area contributed by atoms with Crippen LogP contribution in [-0.2, 0) is 41.7 Å². The maximum Gasteiger partial charge on any atom is 0.307 e. The second-order valence-corrected chi connectivity index (χ2v) is 16.4. The minimum absolute atomic E-state index is 0. The largest absolute Gasteiger partial charge is 1.00 e. The van der Waals surface area contributed by atoms with Crippen LogP contribution >= 0.6 is 11.8 Å². The first kappa shape index (κ1) is 43.8. The molecular weight excluding hydrogens is 730 g/mol. The fraction of sp³-hybridized carbons (Fsp3) is 0.450. The predicted molar refractivity (Wildman–Crippen MR) is 203 cm³/mol. The third kappa shape index (κ3) is 12.8. The van der Waals surface area contributed by atoms with E-state index in [0.717, 1.165) is 22.3 Å². The van der Waals surface area contributed by atoms with E-state index in [1.165, 1.54) is 16.7 Å². The van der Waals surface area contributed by atoms with E-state index in [2.05, 4.69) is 20.9 Å². The third-order valence-corrected chi connectivity index (χ3v) is 10.0. The van der Waals surface area contributed by atoms with E-state index in [9.17, 15) is 24.0 Å². The highest BCUT2D eigenvalue weighted by molar-refractivity contribution is 8.00. The van der Waals surface area contributed by atoms with Crippen molar-refractivity contribution in [2.24, 2.45) is 0 Å². The van der Waals surface area contributed by atoms with E-state index < -0.39 is 46.3 Å². The highest BCUT2D eigenvalue weighted by Gasteiger charge is 2.51. The first-order chi connectivity index (χ1) is 25.0. The lowest BCUT2D eigenvalue weighted by Gasteiger charge is -2.36. The average Bonchev–Trinajstić information content (AvgIpc) is 3.43. The molecule has 1 aromatic heterocycles. The lowest BCUT2D eigenvalue weighted by atomic mass is 9.96. The number of para-hydroxylation sites is 1. The van der Waals surface area contributed by atoms with E-state index >= 15 is 0 Å². The van der Waals surface area contributed by atoms with Crippen molar-refractivity contribution in [3.05, 3.63) is 95.3 Å². The number of carbonyl (C=O) groups is 5.